The van der Waals surface area contributed by atoms with Crippen molar-refractivity contribution in [2.45, 2.75) is 0 Å². The molecule has 0 unspecified atom stereocenters. The first kappa shape index (κ1) is 22.0. The third-order valence-corrected chi connectivity index (χ3v) is 5.08. The predicted molar refractivity (Wildman–Crippen MR) is 116 cm³/mol. The van der Waals surface area contributed by atoms with Crippen LogP contribution in [0.3, 0.4) is 0 Å². The maximum absolute atomic E-state index is 13.2. The smallest absolute Gasteiger partial charge is 0.337 e. The minimum atomic E-state index is -0.958. The Morgan fingerprint density at radius 2 is 1.82 bits per heavy atom. The molecule has 4 amide bonds. The van der Waals surface area contributed by atoms with Crippen LogP contribution in [0.5, 0.6) is 0 Å². The Morgan fingerprint density at radius 3 is 2.52 bits per heavy atom. The van der Waals surface area contributed by atoms with E-state index in [-0.39, 0.29) is 28.3 Å². The lowest BCUT2D eigenvalue weighted by molar-refractivity contribution is -0.122. The summed E-state index contributed by atoms with van der Waals surface area (Å²) in [5.74, 6) is -2.53. The Labute approximate surface area is 191 Å². The van der Waals surface area contributed by atoms with E-state index in [9.17, 15) is 23.6 Å². The van der Waals surface area contributed by atoms with Crippen LogP contribution in [0.4, 0.5) is 14.9 Å². The van der Waals surface area contributed by atoms with Crippen molar-refractivity contribution < 1.29 is 32.7 Å². The molecular formula is C23H14ClFN2O6. The number of hydrogen-bond acceptors (Lipinski definition) is 6. The van der Waals surface area contributed by atoms with Gasteiger partial charge in [0.2, 0.25) is 0 Å². The summed E-state index contributed by atoms with van der Waals surface area (Å²) in [5, 5.41) is 2.37. The van der Waals surface area contributed by atoms with Gasteiger partial charge < -0.3 is 9.15 Å². The summed E-state index contributed by atoms with van der Waals surface area (Å²) >= 11 is 6.22. The SMILES string of the molecule is COC(=O)c1ccc(Cl)c(-c2ccc(/C=C3\C(=O)NC(=O)N(c4ccc(F)cc4)C3=O)o2)c1. The average molecular weight is 469 g/mol. The number of barbiturate groups is 1. The number of methoxy groups -OCH3 is 1. The molecule has 1 aromatic heterocycles. The second-order valence-electron chi connectivity index (χ2n) is 6.82. The number of carbonyl (C=O) groups excluding carboxylic acids is 4. The number of urea groups is 1. The molecule has 8 nitrogen and oxygen atoms in total. The van der Waals surface area contributed by atoms with Crippen molar-refractivity contribution in [2.75, 3.05) is 12.0 Å². The summed E-state index contributed by atoms with van der Waals surface area (Å²) in [7, 11) is 1.25. The number of amides is 4. The van der Waals surface area contributed by atoms with Gasteiger partial charge in [-0.2, -0.15) is 0 Å². The second-order valence-corrected chi connectivity index (χ2v) is 7.23. The number of nitrogens with one attached hydrogen (secondary N) is 1. The van der Waals surface area contributed by atoms with Gasteiger partial charge in [-0.3, -0.25) is 14.9 Å². The summed E-state index contributed by atoms with van der Waals surface area (Å²) in [6.45, 7) is 0. The minimum absolute atomic E-state index is 0.0869. The topological polar surface area (TPSA) is 106 Å². The van der Waals surface area contributed by atoms with Crippen molar-refractivity contribution in [3.8, 4) is 11.3 Å². The molecule has 1 aliphatic rings. The Kier molecular flexibility index (Phi) is 5.80. The maximum Gasteiger partial charge on any atom is 0.337 e. The molecule has 0 bridgehead atoms. The van der Waals surface area contributed by atoms with E-state index in [4.69, 9.17) is 20.8 Å². The van der Waals surface area contributed by atoms with Crippen molar-refractivity contribution >= 4 is 47.2 Å². The van der Waals surface area contributed by atoms with Gasteiger partial charge in [-0.05, 0) is 60.7 Å². The number of carbonyl (C=O) groups is 4. The Balaban J connectivity index is 1.68. The highest BCUT2D eigenvalue weighted by atomic mass is 35.5. The number of esters is 1. The predicted octanol–water partition coefficient (Wildman–Crippen LogP) is 4.19. The van der Waals surface area contributed by atoms with E-state index in [1.54, 1.807) is 6.07 Å². The van der Waals surface area contributed by atoms with Crippen molar-refractivity contribution in [1.29, 1.82) is 0 Å². The van der Waals surface area contributed by atoms with E-state index in [1.807, 2.05) is 0 Å². The van der Waals surface area contributed by atoms with Crippen LogP contribution in [0.2, 0.25) is 5.02 Å². The van der Waals surface area contributed by atoms with Crippen molar-refractivity contribution in [2.24, 2.45) is 0 Å². The zero-order valence-corrected chi connectivity index (χ0v) is 17.7. The summed E-state index contributed by atoms with van der Waals surface area (Å²) in [6.07, 6.45) is 1.17. The number of benzene rings is 2. The van der Waals surface area contributed by atoms with Crippen LogP contribution in [0.25, 0.3) is 17.4 Å². The number of furan rings is 1. The molecule has 0 atom stereocenters. The molecular weight excluding hydrogens is 455 g/mol. The maximum atomic E-state index is 13.2. The van der Waals surface area contributed by atoms with Gasteiger partial charge in [-0.15, -0.1) is 0 Å². The largest absolute Gasteiger partial charge is 0.465 e. The lowest BCUT2D eigenvalue weighted by Crippen LogP contribution is -2.54. The quantitative estimate of drug-likeness (QED) is 0.349. The van der Waals surface area contributed by atoms with Crippen molar-refractivity contribution in [3.05, 3.63) is 82.3 Å². The van der Waals surface area contributed by atoms with Crippen LogP contribution < -0.4 is 10.2 Å². The molecule has 166 valence electrons. The van der Waals surface area contributed by atoms with Gasteiger partial charge in [-0.1, -0.05) is 11.6 Å². The van der Waals surface area contributed by atoms with Crippen LogP contribution in [0.15, 0.2) is 64.6 Å². The highest BCUT2D eigenvalue weighted by Crippen LogP contribution is 2.31. The van der Waals surface area contributed by atoms with E-state index in [0.29, 0.717) is 15.5 Å². The fourth-order valence-corrected chi connectivity index (χ4v) is 3.37. The van der Waals surface area contributed by atoms with Crippen LogP contribution in [0.1, 0.15) is 16.1 Å². The fraction of sp³-hybridized carbons (Fsp3) is 0.0435. The molecule has 2 aromatic carbocycles. The Morgan fingerprint density at radius 1 is 1.09 bits per heavy atom. The first-order chi connectivity index (χ1) is 15.8. The number of imide groups is 2. The van der Waals surface area contributed by atoms with Crippen LogP contribution >= 0.6 is 11.6 Å². The van der Waals surface area contributed by atoms with E-state index in [2.05, 4.69) is 5.32 Å². The van der Waals surface area contributed by atoms with Crippen molar-refractivity contribution in [3.63, 3.8) is 0 Å². The number of anilines is 1. The third kappa shape index (κ3) is 4.26. The van der Waals surface area contributed by atoms with Crippen LogP contribution in [-0.4, -0.2) is 30.9 Å². The van der Waals surface area contributed by atoms with Gasteiger partial charge in [0.15, 0.2) is 0 Å². The molecule has 1 N–H and O–H groups in total. The van der Waals surface area contributed by atoms with Crippen molar-refractivity contribution in [1.82, 2.24) is 5.32 Å². The zero-order valence-electron chi connectivity index (χ0n) is 16.9. The number of nitrogens with zero attached hydrogens (tertiary/aromatic N) is 1. The molecule has 0 saturated carbocycles. The number of halogens is 2. The standard InChI is InChI=1S/C23H14ClFN2O6/c1-32-22(30)12-2-8-18(24)16(10-12)19-9-7-15(33-19)11-17-20(28)26-23(31)27(21(17)29)14-5-3-13(25)4-6-14/h2-11H,1H3,(H,26,28,31)/b17-11+. The van der Waals surface area contributed by atoms with Gasteiger partial charge in [0.1, 0.15) is 22.9 Å². The summed E-state index contributed by atoms with van der Waals surface area (Å²) in [4.78, 5) is 49.9. The summed E-state index contributed by atoms with van der Waals surface area (Å²) < 4.78 is 23.6. The van der Waals surface area contributed by atoms with E-state index in [0.717, 1.165) is 12.1 Å². The number of rotatable bonds is 4. The average Bonchev–Trinajstić information content (AvgIpc) is 3.26. The molecule has 1 aliphatic heterocycles. The lowest BCUT2D eigenvalue weighted by Gasteiger charge is -2.26. The third-order valence-electron chi connectivity index (χ3n) is 4.75. The molecule has 3 aromatic rings. The Hall–Kier alpha value is -4.24. The van der Waals surface area contributed by atoms with E-state index in [1.165, 1.54) is 49.6 Å². The minimum Gasteiger partial charge on any atom is -0.465 e. The van der Waals surface area contributed by atoms with E-state index < -0.39 is 29.6 Å². The normalized spacial score (nSPS) is 15.1. The summed E-state index contributed by atoms with van der Waals surface area (Å²) in [6, 6.07) is 11.2. The molecule has 0 spiro atoms. The first-order valence-corrected chi connectivity index (χ1v) is 9.81. The highest BCUT2D eigenvalue weighted by Gasteiger charge is 2.37. The molecule has 2 heterocycles. The molecule has 1 saturated heterocycles. The molecule has 1 fully saturated rings. The number of ether oxygens (including phenoxy) is 1. The first-order valence-electron chi connectivity index (χ1n) is 9.43. The molecule has 0 radical (unpaired) electrons. The molecule has 4 rings (SSSR count). The fourth-order valence-electron chi connectivity index (χ4n) is 3.16. The van der Waals surface area contributed by atoms with Crippen LogP contribution in [0, 0.1) is 5.82 Å². The van der Waals surface area contributed by atoms with Gasteiger partial charge in [0.25, 0.3) is 11.8 Å². The van der Waals surface area contributed by atoms with Gasteiger partial charge >= 0.3 is 12.0 Å². The number of hydrogen-bond donors (Lipinski definition) is 1. The molecule has 0 aliphatic carbocycles. The molecule has 10 heteroatoms. The zero-order chi connectivity index (χ0) is 23.7. The second kappa shape index (κ2) is 8.71. The Bertz CT molecular complexity index is 1330. The van der Waals surface area contributed by atoms with Gasteiger partial charge in [-0.25, -0.2) is 18.9 Å². The highest BCUT2D eigenvalue weighted by molar-refractivity contribution is 6.39. The molecule has 33 heavy (non-hydrogen) atoms. The van der Waals surface area contributed by atoms with Gasteiger partial charge in [0.05, 0.1) is 23.4 Å². The van der Waals surface area contributed by atoms with Crippen LogP contribution in [-0.2, 0) is 14.3 Å². The lowest BCUT2D eigenvalue weighted by atomic mass is 10.1. The van der Waals surface area contributed by atoms with E-state index >= 15 is 0 Å². The van der Waals surface area contributed by atoms with Gasteiger partial charge in [0, 0.05) is 5.56 Å². The monoisotopic (exact) mass is 468 g/mol. The summed E-state index contributed by atoms with van der Waals surface area (Å²) in [5.41, 5.74) is 0.369.